The van der Waals surface area contributed by atoms with Crippen molar-refractivity contribution in [1.29, 1.82) is 0 Å². The lowest BCUT2D eigenvalue weighted by molar-refractivity contribution is 0.0321. The predicted octanol–water partition coefficient (Wildman–Crippen LogP) is 3.39. The molecule has 0 aliphatic rings. The lowest BCUT2D eigenvalue weighted by Gasteiger charge is -2.23. The Kier molecular flexibility index (Phi) is 7.53. The van der Waals surface area contributed by atoms with Crippen molar-refractivity contribution >= 4 is 17.7 Å². The predicted molar refractivity (Wildman–Crippen MR) is 124 cm³/mol. The summed E-state index contributed by atoms with van der Waals surface area (Å²) in [5, 5.41) is 12.4. The van der Waals surface area contributed by atoms with Gasteiger partial charge in [-0.2, -0.15) is 4.98 Å². The summed E-state index contributed by atoms with van der Waals surface area (Å²) in [7, 11) is 1.63. The Labute approximate surface area is 192 Å². The molecular weight excluding hydrogens is 420 g/mol. The van der Waals surface area contributed by atoms with Crippen molar-refractivity contribution in [3.8, 4) is 23.2 Å². The van der Waals surface area contributed by atoms with E-state index in [-0.39, 0.29) is 13.2 Å². The van der Waals surface area contributed by atoms with Crippen LogP contribution in [-0.2, 0) is 11.3 Å². The number of rotatable bonds is 5. The van der Waals surface area contributed by atoms with E-state index in [0.717, 1.165) is 16.8 Å². The lowest BCUT2D eigenvalue weighted by atomic mass is 10.2. The molecule has 1 aromatic carbocycles. The number of aliphatic hydroxyl groups is 1. The number of aromatic nitrogens is 4. The highest BCUT2D eigenvalue weighted by Gasteiger charge is 2.18. The summed E-state index contributed by atoms with van der Waals surface area (Å²) in [6.45, 7) is 5.59. The van der Waals surface area contributed by atoms with E-state index in [2.05, 4.69) is 37.1 Å². The van der Waals surface area contributed by atoms with Crippen molar-refractivity contribution in [2.24, 2.45) is 0 Å². The van der Waals surface area contributed by atoms with Crippen LogP contribution in [0.2, 0.25) is 0 Å². The van der Waals surface area contributed by atoms with Gasteiger partial charge in [0.05, 0.1) is 13.2 Å². The third-order valence-corrected chi connectivity index (χ3v) is 4.19. The van der Waals surface area contributed by atoms with E-state index in [4.69, 9.17) is 4.74 Å². The SMILES string of the molecule is CN(CC#Cc1cc(-c2ncnc(Nc3cccc(CO)c3)n2)ccn1)C(=O)OC(C)(C)C. The smallest absolute Gasteiger partial charge is 0.410 e. The molecule has 0 bridgehead atoms. The molecule has 0 aliphatic carbocycles. The fraction of sp³-hybridized carbons (Fsp3) is 0.292. The van der Waals surface area contributed by atoms with Gasteiger partial charge < -0.3 is 20.1 Å². The van der Waals surface area contributed by atoms with Gasteiger partial charge in [-0.15, -0.1) is 0 Å². The Morgan fingerprint density at radius 3 is 2.76 bits per heavy atom. The zero-order valence-electron chi connectivity index (χ0n) is 19.0. The molecule has 0 saturated carbocycles. The first kappa shape index (κ1) is 23.6. The molecule has 0 fully saturated rings. The summed E-state index contributed by atoms with van der Waals surface area (Å²) in [5.41, 5.74) is 2.23. The number of hydrogen-bond donors (Lipinski definition) is 2. The number of pyridine rings is 1. The van der Waals surface area contributed by atoms with Crippen LogP contribution in [0.5, 0.6) is 0 Å². The van der Waals surface area contributed by atoms with Crippen LogP contribution in [-0.4, -0.2) is 55.2 Å². The molecule has 2 heterocycles. The average Bonchev–Trinajstić information content (AvgIpc) is 2.78. The summed E-state index contributed by atoms with van der Waals surface area (Å²) in [4.78, 5) is 30.5. The van der Waals surface area contributed by atoms with Crippen LogP contribution >= 0.6 is 0 Å². The molecule has 3 aromatic rings. The quantitative estimate of drug-likeness (QED) is 0.574. The molecule has 1 amide bonds. The maximum Gasteiger partial charge on any atom is 0.410 e. The van der Waals surface area contributed by atoms with Gasteiger partial charge in [0.25, 0.3) is 0 Å². The van der Waals surface area contributed by atoms with Crippen molar-refractivity contribution in [3.63, 3.8) is 0 Å². The molecule has 170 valence electrons. The molecule has 3 rings (SSSR count). The second kappa shape index (κ2) is 10.5. The summed E-state index contributed by atoms with van der Waals surface area (Å²) >= 11 is 0. The van der Waals surface area contributed by atoms with Gasteiger partial charge >= 0.3 is 6.09 Å². The van der Waals surface area contributed by atoms with Crippen molar-refractivity contribution in [1.82, 2.24) is 24.8 Å². The minimum absolute atomic E-state index is 0.0492. The van der Waals surface area contributed by atoms with E-state index in [1.54, 1.807) is 25.4 Å². The second-order valence-electron chi connectivity index (χ2n) is 8.18. The Balaban J connectivity index is 1.70. The van der Waals surface area contributed by atoms with Gasteiger partial charge in [-0.1, -0.05) is 18.1 Å². The van der Waals surface area contributed by atoms with Gasteiger partial charge in [0.1, 0.15) is 17.6 Å². The second-order valence-corrected chi connectivity index (χ2v) is 8.18. The van der Waals surface area contributed by atoms with Crippen LogP contribution in [0.15, 0.2) is 48.9 Å². The van der Waals surface area contributed by atoms with E-state index in [1.165, 1.54) is 11.2 Å². The van der Waals surface area contributed by atoms with E-state index in [9.17, 15) is 9.90 Å². The zero-order chi connectivity index (χ0) is 23.8. The molecule has 0 saturated heterocycles. The Morgan fingerprint density at radius 1 is 1.18 bits per heavy atom. The molecule has 9 heteroatoms. The van der Waals surface area contributed by atoms with E-state index in [0.29, 0.717) is 17.5 Å². The van der Waals surface area contributed by atoms with E-state index in [1.807, 2.05) is 45.0 Å². The molecule has 33 heavy (non-hydrogen) atoms. The molecule has 2 N–H and O–H groups in total. The number of hydrogen-bond acceptors (Lipinski definition) is 8. The fourth-order valence-electron chi connectivity index (χ4n) is 2.66. The Hall–Kier alpha value is -4.03. The molecular formula is C24H26N6O3. The number of aliphatic hydroxyl groups excluding tert-OH is 1. The molecule has 2 aromatic heterocycles. The third kappa shape index (κ3) is 7.26. The fourth-order valence-corrected chi connectivity index (χ4v) is 2.66. The summed E-state index contributed by atoms with van der Waals surface area (Å²) in [6.07, 6.45) is 2.61. The number of carbonyl (C=O) groups excluding carboxylic acids is 1. The molecule has 0 spiro atoms. The maximum absolute atomic E-state index is 12.0. The Morgan fingerprint density at radius 2 is 2.00 bits per heavy atom. The monoisotopic (exact) mass is 446 g/mol. The van der Waals surface area contributed by atoms with Crippen LogP contribution in [0.3, 0.4) is 0 Å². The summed E-state index contributed by atoms with van der Waals surface area (Å²) < 4.78 is 5.31. The van der Waals surface area contributed by atoms with Gasteiger partial charge in [0.2, 0.25) is 5.95 Å². The van der Waals surface area contributed by atoms with E-state index >= 15 is 0 Å². The van der Waals surface area contributed by atoms with Gasteiger partial charge in [0, 0.05) is 24.5 Å². The number of amides is 1. The highest BCUT2D eigenvalue weighted by atomic mass is 16.6. The number of nitrogens with one attached hydrogen (secondary N) is 1. The van der Waals surface area contributed by atoms with Gasteiger partial charge in [-0.05, 0) is 56.5 Å². The first-order valence-corrected chi connectivity index (χ1v) is 10.3. The number of carbonyl (C=O) groups is 1. The van der Waals surface area contributed by atoms with Crippen LogP contribution in [0, 0.1) is 11.8 Å². The normalized spacial score (nSPS) is 10.7. The van der Waals surface area contributed by atoms with Gasteiger partial charge in [-0.25, -0.2) is 19.7 Å². The highest BCUT2D eigenvalue weighted by molar-refractivity contribution is 5.68. The zero-order valence-corrected chi connectivity index (χ0v) is 19.0. The standard InChI is InChI=1S/C24H26N6O3/c1-24(2,3)33-23(32)30(4)12-6-9-19-14-18(10-11-25-19)21-26-16-27-22(29-21)28-20-8-5-7-17(13-20)15-31/h5,7-8,10-11,13-14,16,31H,12,15H2,1-4H3,(H,26,27,28,29). The number of benzene rings is 1. The van der Waals surface area contributed by atoms with Crippen molar-refractivity contribution in [2.45, 2.75) is 33.0 Å². The molecule has 9 nitrogen and oxygen atoms in total. The largest absolute Gasteiger partial charge is 0.444 e. The summed E-state index contributed by atoms with van der Waals surface area (Å²) in [5.74, 6) is 6.71. The van der Waals surface area contributed by atoms with Crippen LogP contribution < -0.4 is 5.32 Å². The first-order chi connectivity index (χ1) is 15.7. The van der Waals surface area contributed by atoms with Gasteiger partial charge in [0.15, 0.2) is 5.82 Å². The van der Waals surface area contributed by atoms with Crippen molar-refractivity contribution < 1.29 is 14.6 Å². The summed E-state index contributed by atoms with van der Waals surface area (Å²) in [6, 6.07) is 10.9. The minimum atomic E-state index is -0.561. The van der Waals surface area contributed by atoms with Crippen LogP contribution in [0.4, 0.5) is 16.4 Å². The Bertz CT molecular complexity index is 1180. The van der Waals surface area contributed by atoms with Crippen LogP contribution in [0.25, 0.3) is 11.4 Å². The lowest BCUT2D eigenvalue weighted by Crippen LogP contribution is -2.34. The molecule has 0 radical (unpaired) electrons. The van der Waals surface area contributed by atoms with E-state index < -0.39 is 11.7 Å². The van der Waals surface area contributed by atoms with Crippen molar-refractivity contribution in [3.05, 3.63) is 60.2 Å². The minimum Gasteiger partial charge on any atom is -0.444 e. The number of nitrogens with zero attached hydrogens (tertiary/aromatic N) is 5. The molecule has 0 aliphatic heterocycles. The van der Waals surface area contributed by atoms with Crippen molar-refractivity contribution in [2.75, 3.05) is 18.9 Å². The highest BCUT2D eigenvalue weighted by Crippen LogP contribution is 2.18. The number of anilines is 2. The van der Waals surface area contributed by atoms with Crippen LogP contribution in [0.1, 0.15) is 32.0 Å². The number of ether oxygens (including phenoxy) is 1. The van der Waals surface area contributed by atoms with Gasteiger partial charge in [-0.3, -0.25) is 0 Å². The average molecular weight is 447 g/mol. The third-order valence-electron chi connectivity index (χ3n) is 4.19. The topological polar surface area (TPSA) is 113 Å². The molecule has 0 atom stereocenters. The first-order valence-electron chi connectivity index (χ1n) is 10.3. The molecule has 0 unspecified atom stereocenters. The maximum atomic E-state index is 12.0.